The summed E-state index contributed by atoms with van der Waals surface area (Å²) in [4.78, 5) is 20.2. The normalized spacial score (nSPS) is 30.8. The molecular formula is C14H22F3NO8. The number of carbonyl (C=O) groups is 2. The number of nitrogens with two attached hydrogens (primary N) is 1. The molecule has 0 spiro atoms. The fraction of sp³-hybridized carbons (Fsp3) is 0.857. The number of hydrogen-bond acceptors (Lipinski definition) is 8. The molecule has 2 saturated heterocycles. The predicted molar refractivity (Wildman–Crippen MR) is 77.8 cm³/mol. The third kappa shape index (κ3) is 5.77. The molecule has 152 valence electrons. The maximum absolute atomic E-state index is 11.3. The van der Waals surface area contributed by atoms with Crippen LogP contribution in [0.15, 0.2) is 0 Å². The van der Waals surface area contributed by atoms with Gasteiger partial charge in [-0.2, -0.15) is 13.2 Å². The Labute approximate surface area is 147 Å². The minimum atomic E-state index is -5.08. The van der Waals surface area contributed by atoms with Crippen LogP contribution in [0.5, 0.6) is 0 Å². The number of carbonyl (C=O) groups excluding carboxylic acids is 1. The molecule has 2 rings (SSSR count). The van der Waals surface area contributed by atoms with Gasteiger partial charge in [-0.25, -0.2) is 4.79 Å². The Morgan fingerprint density at radius 1 is 1.27 bits per heavy atom. The highest BCUT2D eigenvalue weighted by Gasteiger charge is 2.56. The standard InChI is InChI=1S/C12H21NO6.C2HF3O2/c1-12(2)18-10-9(16-4)8(17-11(10)19-12)6(13)5-7(14)15-3;3-2(4,5)1(6)7/h6,8-11H,5,13H2,1-4H3;(H,6,7)/t6-,8+,9-,10+,11+;/m0./s1. The van der Waals surface area contributed by atoms with Crippen LogP contribution in [-0.4, -0.2) is 73.9 Å². The van der Waals surface area contributed by atoms with E-state index in [1.807, 2.05) is 13.8 Å². The van der Waals surface area contributed by atoms with Crippen LogP contribution in [0.3, 0.4) is 0 Å². The molecule has 2 aliphatic heterocycles. The lowest BCUT2D eigenvalue weighted by Gasteiger charge is -2.27. The molecule has 0 aromatic rings. The molecule has 5 atom stereocenters. The molecule has 2 heterocycles. The molecule has 0 unspecified atom stereocenters. The Kier molecular flexibility index (Phi) is 7.36. The fourth-order valence-electron chi connectivity index (χ4n) is 2.51. The summed E-state index contributed by atoms with van der Waals surface area (Å²) in [6, 6.07) is -0.529. The van der Waals surface area contributed by atoms with Crippen molar-refractivity contribution in [1.82, 2.24) is 0 Å². The zero-order chi connectivity index (χ0) is 20.3. The second kappa shape index (κ2) is 8.48. The van der Waals surface area contributed by atoms with Crippen molar-refractivity contribution >= 4 is 11.9 Å². The van der Waals surface area contributed by atoms with E-state index < -0.39 is 36.4 Å². The van der Waals surface area contributed by atoms with Crippen LogP contribution in [0, 0.1) is 0 Å². The molecule has 0 radical (unpaired) electrons. The second-order valence-electron chi connectivity index (χ2n) is 6.02. The molecule has 0 bridgehead atoms. The first-order chi connectivity index (χ1) is 11.8. The number of hydrogen-bond donors (Lipinski definition) is 2. The average molecular weight is 389 g/mol. The summed E-state index contributed by atoms with van der Waals surface area (Å²) in [5, 5.41) is 7.12. The maximum Gasteiger partial charge on any atom is 0.490 e. The Bertz CT molecular complexity index is 513. The van der Waals surface area contributed by atoms with Crippen molar-refractivity contribution in [3.63, 3.8) is 0 Å². The number of methoxy groups -OCH3 is 2. The number of halogens is 3. The van der Waals surface area contributed by atoms with E-state index in [1.165, 1.54) is 7.11 Å². The Balaban J connectivity index is 0.000000412. The Hall–Kier alpha value is -1.47. The lowest BCUT2D eigenvalue weighted by atomic mass is 10.0. The highest BCUT2D eigenvalue weighted by molar-refractivity contribution is 5.73. The van der Waals surface area contributed by atoms with Crippen molar-refractivity contribution in [3.8, 4) is 0 Å². The second-order valence-corrected chi connectivity index (χ2v) is 6.02. The van der Waals surface area contributed by atoms with Crippen LogP contribution < -0.4 is 5.73 Å². The Morgan fingerprint density at radius 3 is 2.23 bits per heavy atom. The lowest BCUT2D eigenvalue weighted by Crippen LogP contribution is -2.47. The van der Waals surface area contributed by atoms with Crippen LogP contribution in [0.25, 0.3) is 0 Å². The van der Waals surface area contributed by atoms with Crippen LogP contribution in [0.4, 0.5) is 13.2 Å². The number of fused-ring (bicyclic) bond motifs is 1. The molecule has 0 amide bonds. The van der Waals surface area contributed by atoms with Crippen molar-refractivity contribution in [2.75, 3.05) is 14.2 Å². The average Bonchev–Trinajstić information content (AvgIpc) is 2.97. The van der Waals surface area contributed by atoms with Gasteiger partial charge >= 0.3 is 18.1 Å². The maximum atomic E-state index is 11.3. The number of rotatable bonds is 4. The highest BCUT2D eigenvalue weighted by atomic mass is 19.4. The topological polar surface area (TPSA) is 127 Å². The van der Waals surface area contributed by atoms with Gasteiger partial charge in [0.2, 0.25) is 0 Å². The van der Waals surface area contributed by atoms with Gasteiger partial charge in [0.25, 0.3) is 0 Å². The van der Waals surface area contributed by atoms with Gasteiger partial charge in [0, 0.05) is 13.2 Å². The summed E-state index contributed by atoms with van der Waals surface area (Å²) in [5.41, 5.74) is 5.98. The highest BCUT2D eigenvalue weighted by Crippen LogP contribution is 2.39. The third-order valence-electron chi connectivity index (χ3n) is 3.59. The largest absolute Gasteiger partial charge is 0.490 e. The summed E-state index contributed by atoms with van der Waals surface area (Å²) in [6.45, 7) is 3.62. The van der Waals surface area contributed by atoms with E-state index in [2.05, 4.69) is 4.74 Å². The van der Waals surface area contributed by atoms with E-state index in [4.69, 9.17) is 34.6 Å². The molecule has 0 aromatic carbocycles. The lowest BCUT2D eigenvalue weighted by molar-refractivity contribution is -0.219. The summed E-state index contributed by atoms with van der Waals surface area (Å²) < 4.78 is 58.8. The van der Waals surface area contributed by atoms with E-state index in [9.17, 15) is 18.0 Å². The van der Waals surface area contributed by atoms with Crippen molar-refractivity contribution in [3.05, 3.63) is 0 Å². The summed E-state index contributed by atoms with van der Waals surface area (Å²) in [7, 11) is 2.88. The first-order valence-electron chi connectivity index (χ1n) is 7.48. The molecule has 26 heavy (non-hydrogen) atoms. The van der Waals surface area contributed by atoms with E-state index in [0.717, 1.165) is 0 Å². The molecule has 2 aliphatic rings. The van der Waals surface area contributed by atoms with E-state index in [0.29, 0.717) is 0 Å². The van der Waals surface area contributed by atoms with Crippen LogP contribution in [0.1, 0.15) is 20.3 Å². The van der Waals surface area contributed by atoms with E-state index in [1.54, 1.807) is 7.11 Å². The number of carboxylic acid groups (broad SMARTS) is 1. The van der Waals surface area contributed by atoms with Crippen molar-refractivity contribution in [2.45, 2.75) is 62.9 Å². The summed E-state index contributed by atoms with van der Waals surface area (Å²) in [6.07, 6.45) is -6.71. The zero-order valence-corrected chi connectivity index (χ0v) is 14.6. The van der Waals surface area contributed by atoms with E-state index in [-0.39, 0.29) is 24.6 Å². The molecule has 0 aliphatic carbocycles. The van der Waals surface area contributed by atoms with Crippen molar-refractivity contribution in [2.24, 2.45) is 5.73 Å². The summed E-state index contributed by atoms with van der Waals surface area (Å²) in [5.74, 6) is -3.85. The van der Waals surface area contributed by atoms with Gasteiger partial charge in [0.05, 0.1) is 13.5 Å². The molecule has 0 aromatic heterocycles. The number of alkyl halides is 3. The van der Waals surface area contributed by atoms with Gasteiger partial charge in [-0.05, 0) is 13.8 Å². The number of esters is 1. The van der Waals surface area contributed by atoms with Gasteiger partial charge in [-0.15, -0.1) is 0 Å². The van der Waals surface area contributed by atoms with E-state index >= 15 is 0 Å². The number of ether oxygens (including phenoxy) is 5. The molecule has 3 N–H and O–H groups in total. The molecule has 12 heteroatoms. The minimum Gasteiger partial charge on any atom is -0.475 e. The van der Waals surface area contributed by atoms with Gasteiger partial charge in [-0.3, -0.25) is 4.79 Å². The van der Waals surface area contributed by atoms with Crippen LogP contribution >= 0.6 is 0 Å². The smallest absolute Gasteiger partial charge is 0.475 e. The summed E-state index contributed by atoms with van der Waals surface area (Å²) >= 11 is 0. The Morgan fingerprint density at radius 2 is 1.81 bits per heavy atom. The van der Waals surface area contributed by atoms with Crippen molar-refractivity contribution in [1.29, 1.82) is 0 Å². The minimum absolute atomic E-state index is 0.0594. The van der Waals surface area contributed by atoms with Crippen LogP contribution in [-0.2, 0) is 33.3 Å². The quantitative estimate of drug-likeness (QED) is 0.657. The van der Waals surface area contributed by atoms with Gasteiger partial charge in [0.1, 0.15) is 18.3 Å². The molecule has 9 nitrogen and oxygen atoms in total. The fourth-order valence-corrected chi connectivity index (χ4v) is 2.51. The SMILES string of the molecule is COC(=O)C[C@H](N)[C@H]1O[C@@H]2OC(C)(C)O[C@@H]2[C@H]1OC.O=C(O)C(F)(F)F. The molecular weight excluding hydrogens is 367 g/mol. The van der Waals surface area contributed by atoms with Gasteiger partial charge < -0.3 is 34.5 Å². The van der Waals surface area contributed by atoms with Gasteiger partial charge in [-0.1, -0.05) is 0 Å². The van der Waals surface area contributed by atoms with Crippen LogP contribution in [0.2, 0.25) is 0 Å². The third-order valence-corrected chi connectivity index (χ3v) is 3.59. The first kappa shape index (κ1) is 22.6. The zero-order valence-electron chi connectivity index (χ0n) is 14.6. The number of carboxylic acids is 1. The molecule has 0 saturated carbocycles. The first-order valence-corrected chi connectivity index (χ1v) is 7.48. The predicted octanol–water partition coefficient (Wildman–Crippen LogP) is 0.402. The van der Waals surface area contributed by atoms with Gasteiger partial charge in [0.15, 0.2) is 12.1 Å². The monoisotopic (exact) mass is 389 g/mol. The van der Waals surface area contributed by atoms with Crippen molar-refractivity contribution < 1.29 is 51.6 Å². The molecule has 2 fully saturated rings. The number of aliphatic carboxylic acids is 1.